The second-order valence-corrected chi connectivity index (χ2v) is 9.24. The average molecular weight is 413 g/mol. The third kappa shape index (κ3) is 5.08. The normalized spacial score (nSPS) is 11.6. The van der Waals surface area contributed by atoms with Gasteiger partial charge in [-0.2, -0.15) is 0 Å². The van der Waals surface area contributed by atoms with Crippen LogP contribution in [0.25, 0.3) is 11.5 Å². The minimum absolute atomic E-state index is 0.00550. The summed E-state index contributed by atoms with van der Waals surface area (Å²) in [6.45, 7) is 5.82. The Bertz CT molecular complexity index is 1090. The number of anilines is 1. The lowest BCUT2D eigenvalue weighted by Crippen LogP contribution is -2.14. The number of hydrogen-bond donors (Lipinski definition) is 1. The van der Waals surface area contributed by atoms with Crippen LogP contribution in [-0.2, 0) is 21.1 Å². The predicted octanol–water partition coefficient (Wildman–Crippen LogP) is 3.83. The highest BCUT2D eigenvalue weighted by atomic mass is 32.2. The van der Waals surface area contributed by atoms with Crippen molar-refractivity contribution in [2.45, 2.75) is 38.0 Å². The Kier molecular flexibility index (Phi) is 6.12. The molecule has 3 rings (SSSR count). The molecule has 0 aliphatic carbocycles. The van der Waals surface area contributed by atoms with Gasteiger partial charge in [0.25, 0.3) is 0 Å². The Balaban J connectivity index is 1.64. The van der Waals surface area contributed by atoms with Gasteiger partial charge in [0.2, 0.25) is 11.8 Å². The first-order valence-electron chi connectivity index (χ1n) is 9.34. The zero-order valence-corrected chi connectivity index (χ0v) is 17.4. The van der Waals surface area contributed by atoms with E-state index in [0.29, 0.717) is 11.5 Å². The van der Waals surface area contributed by atoms with Gasteiger partial charge in [-0.3, -0.25) is 10.1 Å². The Morgan fingerprint density at radius 3 is 2.28 bits per heavy atom. The van der Waals surface area contributed by atoms with E-state index in [4.69, 9.17) is 4.42 Å². The van der Waals surface area contributed by atoms with Crippen LogP contribution in [0, 0.1) is 0 Å². The van der Waals surface area contributed by atoms with E-state index < -0.39 is 9.84 Å². The average Bonchev–Trinajstić information content (AvgIpc) is 3.16. The van der Waals surface area contributed by atoms with Gasteiger partial charge >= 0.3 is 6.01 Å². The summed E-state index contributed by atoms with van der Waals surface area (Å²) in [4.78, 5) is 12.5. The van der Waals surface area contributed by atoms with Crippen molar-refractivity contribution in [3.63, 3.8) is 0 Å². The maximum Gasteiger partial charge on any atom is 0.322 e. The minimum Gasteiger partial charge on any atom is -0.403 e. The standard InChI is InChI=1S/C21H23N3O4S/c1-4-29(26,27)18-11-9-17(10-12-18)20-23-24-21(28-20)22-19(25)13-15-5-7-16(8-6-15)14(2)3/h5-12,14H,4,13H2,1-3H3,(H,22,24,25). The highest BCUT2D eigenvalue weighted by molar-refractivity contribution is 7.91. The summed E-state index contributed by atoms with van der Waals surface area (Å²) in [6.07, 6.45) is 0.194. The quantitative estimate of drug-likeness (QED) is 0.631. The highest BCUT2D eigenvalue weighted by Crippen LogP contribution is 2.22. The van der Waals surface area contributed by atoms with Crippen molar-refractivity contribution in [3.8, 4) is 11.5 Å². The topological polar surface area (TPSA) is 102 Å². The number of carbonyl (C=O) groups is 1. The van der Waals surface area contributed by atoms with E-state index in [-0.39, 0.29) is 34.9 Å². The number of rotatable bonds is 7. The summed E-state index contributed by atoms with van der Waals surface area (Å²) >= 11 is 0. The van der Waals surface area contributed by atoms with Crippen molar-refractivity contribution in [1.82, 2.24) is 10.2 Å². The summed E-state index contributed by atoms with van der Waals surface area (Å²) in [5, 5.41) is 10.3. The van der Waals surface area contributed by atoms with Crippen molar-refractivity contribution in [3.05, 3.63) is 59.7 Å². The first-order chi connectivity index (χ1) is 13.8. The summed E-state index contributed by atoms with van der Waals surface area (Å²) in [6, 6.07) is 14.1. The van der Waals surface area contributed by atoms with Crippen molar-refractivity contribution >= 4 is 21.8 Å². The van der Waals surface area contributed by atoms with Crippen LogP contribution in [0.5, 0.6) is 0 Å². The fourth-order valence-electron chi connectivity index (χ4n) is 2.73. The molecular weight excluding hydrogens is 390 g/mol. The zero-order valence-electron chi connectivity index (χ0n) is 16.5. The summed E-state index contributed by atoms with van der Waals surface area (Å²) in [5.41, 5.74) is 2.67. The van der Waals surface area contributed by atoms with E-state index in [1.807, 2.05) is 24.3 Å². The number of hydrogen-bond acceptors (Lipinski definition) is 6. The van der Waals surface area contributed by atoms with E-state index in [1.54, 1.807) is 19.1 Å². The SMILES string of the molecule is CCS(=O)(=O)c1ccc(-c2nnc(NC(=O)Cc3ccc(C(C)C)cc3)o2)cc1. The largest absolute Gasteiger partial charge is 0.403 e. The maximum absolute atomic E-state index is 12.2. The predicted molar refractivity (Wildman–Crippen MR) is 110 cm³/mol. The zero-order chi connectivity index (χ0) is 21.0. The van der Waals surface area contributed by atoms with Crippen LogP contribution < -0.4 is 5.32 Å². The summed E-state index contributed by atoms with van der Waals surface area (Å²) in [7, 11) is -3.27. The van der Waals surface area contributed by atoms with Crippen LogP contribution in [0.4, 0.5) is 6.01 Å². The lowest BCUT2D eigenvalue weighted by Gasteiger charge is -2.06. The molecule has 8 heteroatoms. The Hall–Kier alpha value is -3.00. The molecule has 3 aromatic rings. The van der Waals surface area contributed by atoms with Crippen molar-refractivity contribution < 1.29 is 17.6 Å². The van der Waals surface area contributed by atoms with Gasteiger partial charge in [0.1, 0.15) is 0 Å². The molecule has 0 bridgehead atoms. The first kappa shape index (κ1) is 20.7. The minimum atomic E-state index is -3.27. The maximum atomic E-state index is 12.2. The molecule has 0 fully saturated rings. The molecule has 152 valence electrons. The molecule has 0 aliphatic heterocycles. The van der Waals surface area contributed by atoms with E-state index in [2.05, 4.69) is 29.4 Å². The fraction of sp³-hybridized carbons (Fsp3) is 0.286. The number of aromatic nitrogens is 2. The van der Waals surface area contributed by atoms with E-state index in [9.17, 15) is 13.2 Å². The molecule has 0 radical (unpaired) electrons. The lowest BCUT2D eigenvalue weighted by atomic mass is 10.0. The van der Waals surface area contributed by atoms with Gasteiger partial charge in [0.05, 0.1) is 17.1 Å². The van der Waals surface area contributed by atoms with Gasteiger partial charge in [-0.25, -0.2) is 8.42 Å². The Morgan fingerprint density at radius 1 is 1.03 bits per heavy atom. The van der Waals surface area contributed by atoms with E-state index >= 15 is 0 Å². The second-order valence-electron chi connectivity index (χ2n) is 6.96. The van der Waals surface area contributed by atoms with Gasteiger partial charge in [-0.15, -0.1) is 5.10 Å². The van der Waals surface area contributed by atoms with Gasteiger partial charge < -0.3 is 4.42 Å². The molecule has 2 aromatic carbocycles. The smallest absolute Gasteiger partial charge is 0.322 e. The number of amides is 1. The summed E-state index contributed by atoms with van der Waals surface area (Å²) < 4.78 is 29.2. The molecule has 0 spiro atoms. The fourth-order valence-corrected chi connectivity index (χ4v) is 3.62. The number of nitrogens with one attached hydrogen (secondary N) is 1. The Labute approximate surface area is 170 Å². The van der Waals surface area contributed by atoms with Gasteiger partial charge in [-0.1, -0.05) is 50.1 Å². The van der Waals surface area contributed by atoms with Crippen LogP contribution in [-0.4, -0.2) is 30.3 Å². The second kappa shape index (κ2) is 8.57. The third-order valence-electron chi connectivity index (χ3n) is 4.52. The molecule has 0 atom stereocenters. The van der Waals surface area contributed by atoms with Crippen molar-refractivity contribution in [2.24, 2.45) is 0 Å². The van der Waals surface area contributed by atoms with Crippen molar-refractivity contribution in [1.29, 1.82) is 0 Å². The third-order valence-corrected chi connectivity index (χ3v) is 6.27. The van der Waals surface area contributed by atoms with Gasteiger partial charge in [0, 0.05) is 5.56 Å². The molecule has 0 aliphatic rings. The summed E-state index contributed by atoms with van der Waals surface area (Å²) in [5.74, 6) is 0.401. The molecule has 29 heavy (non-hydrogen) atoms. The monoisotopic (exact) mass is 413 g/mol. The van der Waals surface area contributed by atoms with E-state index in [1.165, 1.54) is 17.7 Å². The molecule has 0 saturated heterocycles. The van der Waals surface area contributed by atoms with Crippen LogP contribution in [0.1, 0.15) is 37.8 Å². The molecule has 1 N–H and O–H groups in total. The molecule has 1 aromatic heterocycles. The van der Waals surface area contributed by atoms with Gasteiger partial charge in [0.15, 0.2) is 9.84 Å². The van der Waals surface area contributed by atoms with Crippen molar-refractivity contribution in [2.75, 3.05) is 11.1 Å². The molecule has 1 heterocycles. The molecule has 1 amide bonds. The molecule has 0 unspecified atom stereocenters. The first-order valence-corrected chi connectivity index (χ1v) is 11.0. The number of benzene rings is 2. The van der Waals surface area contributed by atoms with Crippen LogP contribution in [0.3, 0.4) is 0 Å². The van der Waals surface area contributed by atoms with E-state index in [0.717, 1.165) is 5.56 Å². The van der Waals surface area contributed by atoms with Crippen LogP contribution >= 0.6 is 0 Å². The molecular formula is C21H23N3O4S. The molecule has 0 saturated carbocycles. The number of carbonyl (C=O) groups excluding carboxylic acids is 1. The van der Waals surface area contributed by atoms with Crippen LogP contribution in [0.15, 0.2) is 57.8 Å². The van der Waals surface area contributed by atoms with Crippen LogP contribution in [0.2, 0.25) is 0 Å². The lowest BCUT2D eigenvalue weighted by molar-refractivity contribution is -0.115. The number of sulfone groups is 1. The Morgan fingerprint density at radius 2 is 1.69 bits per heavy atom. The van der Waals surface area contributed by atoms with Gasteiger partial charge in [-0.05, 0) is 41.3 Å². The molecule has 7 nitrogen and oxygen atoms in total. The highest BCUT2D eigenvalue weighted by Gasteiger charge is 2.15. The number of nitrogens with zero attached hydrogens (tertiary/aromatic N) is 2.